The van der Waals surface area contributed by atoms with Gasteiger partial charge in [-0.1, -0.05) is 22.9 Å². The molecule has 17 heavy (non-hydrogen) atoms. The number of rotatable bonds is 5. The second-order valence-electron chi connectivity index (χ2n) is 3.67. The number of hydrogen-bond donors (Lipinski definition) is 0. The highest BCUT2D eigenvalue weighted by Gasteiger charge is 1.98. The van der Waals surface area contributed by atoms with Gasteiger partial charge in [0.25, 0.3) is 0 Å². The lowest BCUT2D eigenvalue weighted by molar-refractivity contribution is 0.209. The summed E-state index contributed by atoms with van der Waals surface area (Å²) in [5.74, 6) is 1.64. The van der Waals surface area contributed by atoms with Crippen LogP contribution in [0.5, 0.6) is 0 Å². The second kappa shape index (κ2) is 7.22. The first kappa shape index (κ1) is 13.9. The zero-order valence-electron chi connectivity index (χ0n) is 10.4. The van der Waals surface area contributed by atoms with Crippen LogP contribution in [0.4, 0.5) is 0 Å². The molecule has 1 aromatic heterocycles. The Bertz CT molecular complexity index is 406. The van der Waals surface area contributed by atoms with Gasteiger partial charge in [-0.25, -0.2) is 9.97 Å². The first-order valence-corrected chi connectivity index (χ1v) is 6.35. The van der Waals surface area contributed by atoms with E-state index in [1.54, 1.807) is 12.4 Å². The van der Waals surface area contributed by atoms with Gasteiger partial charge in [-0.2, -0.15) is 0 Å². The topological polar surface area (TPSA) is 35.0 Å². The number of aromatic nitrogens is 2. The smallest absolute Gasteiger partial charge is 0.125 e. The maximum atomic E-state index is 5.69. The van der Waals surface area contributed by atoms with Gasteiger partial charge in [0.2, 0.25) is 0 Å². The maximum Gasteiger partial charge on any atom is 0.125 e. The van der Waals surface area contributed by atoms with Crippen LogP contribution in [-0.4, -0.2) is 9.97 Å². The predicted octanol–water partition coefficient (Wildman–Crippen LogP) is 3.89. The van der Waals surface area contributed by atoms with Gasteiger partial charge in [-0.15, -0.1) is 0 Å². The minimum atomic E-state index is 0.489. The molecule has 0 atom stereocenters. The Morgan fingerprint density at radius 3 is 2.59 bits per heavy atom. The van der Waals surface area contributed by atoms with Crippen LogP contribution in [-0.2, 0) is 11.3 Å². The van der Waals surface area contributed by atoms with Gasteiger partial charge in [0, 0.05) is 18.0 Å². The first-order valence-electron chi connectivity index (χ1n) is 5.56. The summed E-state index contributed by atoms with van der Waals surface area (Å²) in [7, 11) is 0. The van der Waals surface area contributed by atoms with Crippen molar-refractivity contribution in [2.24, 2.45) is 0 Å². The van der Waals surface area contributed by atoms with Crippen molar-refractivity contribution in [3.05, 3.63) is 46.2 Å². The molecule has 0 saturated carbocycles. The van der Waals surface area contributed by atoms with Gasteiger partial charge in [0.05, 0.1) is 0 Å². The van der Waals surface area contributed by atoms with Gasteiger partial charge in [0.15, 0.2) is 0 Å². The molecule has 0 aliphatic rings. The molecule has 0 radical (unpaired) electrons. The third kappa shape index (κ3) is 5.63. The highest BCUT2D eigenvalue weighted by Crippen LogP contribution is 2.12. The fourth-order valence-electron chi connectivity index (χ4n) is 1.22. The van der Waals surface area contributed by atoms with Crippen molar-refractivity contribution in [2.75, 3.05) is 0 Å². The monoisotopic (exact) mass is 296 g/mol. The van der Waals surface area contributed by atoms with Crippen molar-refractivity contribution < 1.29 is 4.74 Å². The largest absolute Gasteiger partial charge is 0.489 e. The third-order valence-corrected chi connectivity index (χ3v) is 2.22. The first-order chi connectivity index (χ1) is 8.11. The van der Waals surface area contributed by atoms with Crippen LogP contribution >= 0.6 is 15.9 Å². The van der Waals surface area contributed by atoms with Crippen LogP contribution in [0.25, 0.3) is 0 Å². The molecule has 0 bridgehead atoms. The van der Waals surface area contributed by atoms with Crippen LogP contribution in [0, 0.1) is 6.92 Å². The Hall–Kier alpha value is -1.16. The van der Waals surface area contributed by atoms with Crippen LogP contribution in [0.1, 0.15) is 31.7 Å². The summed E-state index contributed by atoms with van der Waals surface area (Å²) in [5.41, 5.74) is 0.971. The highest BCUT2D eigenvalue weighted by molar-refractivity contribution is 9.11. The summed E-state index contributed by atoms with van der Waals surface area (Å²) >= 11 is 3.40. The summed E-state index contributed by atoms with van der Waals surface area (Å²) in [5, 5.41) is 0. The van der Waals surface area contributed by atoms with Gasteiger partial charge in [-0.3, -0.25) is 0 Å². The minimum Gasteiger partial charge on any atom is -0.489 e. The lowest BCUT2D eigenvalue weighted by Gasteiger charge is -2.07. The number of aryl methyl sites for hydroxylation is 1. The van der Waals surface area contributed by atoms with Crippen LogP contribution in [0.3, 0.4) is 0 Å². The Kier molecular flexibility index (Phi) is 5.91. The van der Waals surface area contributed by atoms with Gasteiger partial charge < -0.3 is 4.74 Å². The van der Waals surface area contributed by atoms with Crippen molar-refractivity contribution in [1.29, 1.82) is 0 Å². The molecule has 0 unspecified atom stereocenters. The molecule has 0 spiro atoms. The number of ether oxygens (including phenoxy) is 1. The molecule has 0 aliphatic carbocycles. The summed E-state index contributed by atoms with van der Waals surface area (Å²) in [6, 6.07) is 0. The fourth-order valence-corrected chi connectivity index (χ4v) is 1.44. The van der Waals surface area contributed by atoms with Crippen molar-refractivity contribution in [3.8, 4) is 0 Å². The SMILES string of the molecule is CCC=C(C=C(C)Br)OCc1cnc(C)nc1. The standard InChI is InChI=1S/C13H17BrN2O/c1-4-5-13(6-10(2)14)17-9-12-7-15-11(3)16-8-12/h5-8H,4,9H2,1-3H3. The van der Waals surface area contributed by atoms with Crippen molar-refractivity contribution in [2.45, 2.75) is 33.8 Å². The average molecular weight is 297 g/mol. The van der Waals surface area contributed by atoms with Crippen molar-refractivity contribution in [3.63, 3.8) is 0 Å². The normalized spacial score (nSPS) is 12.7. The maximum absolute atomic E-state index is 5.69. The summed E-state index contributed by atoms with van der Waals surface area (Å²) in [6.45, 7) is 6.41. The molecule has 0 aromatic carbocycles. The number of nitrogens with zero attached hydrogens (tertiary/aromatic N) is 2. The summed E-state index contributed by atoms with van der Waals surface area (Å²) < 4.78 is 6.73. The Morgan fingerprint density at radius 1 is 1.41 bits per heavy atom. The molecule has 4 heteroatoms. The molecule has 0 amide bonds. The molecule has 1 heterocycles. The lowest BCUT2D eigenvalue weighted by atomic mass is 10.3. The molecular weight excluding hydrogens is 280 g/mol. The molecule has 0 fully saturated rings. The lowest BCUT2D eigenvalue weighted by Crippen LogP contribution is -1.95. The van der Waals surface area contributed by atoms with E-state index >= 15 is 0 Å². The summed E-state index contributed by atoms with van der Waals surface area (Å²) in [4.78, 5) is 8.26. The number of hydrogen-bond acceptors (Lipinski definition) is 3. The fraction of sp³-hybridized carbons (Fsp3) is 0.385. The van der Waals surface area contributed by atoms with Gasteiger partial charge in [0.1, 0.15) is 18.2 Å². The Balaban J connectivity index is 2.61. The van der Waals surface area contributed by atoms with E-state index in [2.05, 4.69) is 32.8 Å². The molecule has 3 nitrogen and oxygen atoms in total. The van der Waals surface area contributed by atoms with E-state index < -0.39 is 0 Å². The molecule has 1 aromatic rings. The molecule has 0 saturated heterocycles. The van der Waals surface area contributed by atoms with Crippen LogP contribution in [0.15, 0.2) is 34.8 Å². The molecule has 0 aliphatic heterocycles. The average Bonchev–Trinajstić information content (AvgIpc) is 2.27. The van der Waals surface area contributed by atoms with Gasteiger partial charge in [-0.05, 0) is 36.9 Å². The van der Waals surface area contributed by atoms with Crippen molar-refractivity contribution >= 4 is 15.9 Å². The van der Waals surface area contributed by atoms with E-state index in [0.717, 1.165) is 28.1 Å². The Morgan fingerprint density at radius 2 is 2.06 bits per heavy atom. The van der Waals surface area contributed by atoms with E-state index in [1.807, 2.05) is 26.0 Å². The van der Waals surface area contributed by atoms with E-state index in [1.165, 1.54) is 0 Å². The predicted molar refractivity (Wildman–Crippen MR) is 72.6 cm³/mol. The quantitative estimate of drug-likeness (QED) is 0.611. The molecule has 0 N–H and O–H groups in total. The summed E-state index contributed by atoms with van der Waals surface area (Å²) in [6.07, 6.45) is 8.52. The van der Waals surface area contributed by atoms with E-state index in [4.69, 9.17) is 4.74 Å². The van der Waals surface area contributed by atoms with Gasteiger partial charge >= 0.3 is 0 Å². The second-order valence-corrected chi connectivity index (χ2v) is 4.92. The zero-order chi connectivity index (χ0) is 12.7. The molecular formula is C13H17BrN2O. The number of allylic oxidation sites excluding steroid dienone is 3. The molecule has 1 rings (SSSR count). The highest BCUT2D eigenvalue weighted by atomic mass is 79.9. The minimum absolute atomic E-state index is 0.489. The van der Waals surface area contributed by atoms with Crippen molar-refractivity contribution in [1.82, 2.24) is 9.97 Å². The Labute approximate surface area is 111 Å². The zero-order valence-corrected chi connectivity index (χ0v) is 12.0. The third-order valence-electron chi connectivity index (χ3n) is 1.99. The van der Waals surface area contributed by atoms with E-state index in [0.29, 0.717) is 6.61 Å². The van der Waals surface area contributed by atoms with E-state index in [9.17, 15) is 0 Å². The molecule has 92 valence electrons. The number of halogens is 1. The van der Waals surface area contributed by atoms with Crippen LogP contribution in [0.2, 0.25) is 0 Å². The van der Waals surface area contributed by atoms with E-state index in [-0.39, 0.29) is 0 Å². The van der Waals surface area contributed by atoms with Crippen LogP contribution < -0.4 is 0 Å².